The maximum Gasteiger partial charge on any atom is 0.185 e. The second kappa shape index (κ2) is 6.63. The summed E-state index contributed by atoms with van der Waals surface area (Å²) in [5.74, 6) is 0.406. The Morgan fingerprint density at radius 1 is 1.30 bits per heavy atom. The van der Waals surface area contributed by atoms with Crippen LogP contribution in [0.3, 0.4) is 0 Å². The van der Waals surface area contributed by atoms with E-state index in [1.165, 1.54) is 6.20 Å². The molecule has 6 nitrogen and oxygen atoms in total. The van der Waals surface area contributed by atoms with Gasteiger partial charge in [0.15, 0.2) is 5.78 Å². The van der Waals surface area contributed by atoms with Crippen molar-refractivity contribution in [2.45, 2.75) is 25.4 Å². The molecule has 2 N–H and O–H groups in total. The van der Waals surface area contributed by atoms with Gasteiger partial charge in [-0.05, 0) is 36.2 Å². The van der Waals surface area contributed by atoms with Gasteiger partial charge in [-0.1, -0.05) is 35.9 Å². The molecule has 1 unspecified atom stereocenters. The number of hydrogen-bond acceptors (Lipinski definition) is 5. The summed E-state index contributed by atoms with van der Waals surface area (Å²) in [6, 6.07) is 13.0. The standard InChI is InChI=1S/C20H18ClN5O/c1-20(12-26-17(7-8-24-26)19(22)25-20)14-4-2-3-13(9-14)10-18(27)16-6-5-15(21)11-23-16/h2-9,11H,10,12H2,1H3,(H2,22,25). The van der Waals surface area contributed by atoms with Crippen LogP contribution in [0, 0.1) is 0 Å². The van der Waals surface area contributed by atoms with Crippen molar-refractivity contribution in [3.63, 3.8) is 0 Å². The number of aliphatic imine (C=N–C) groups is 1. The molecule has 7 heteroatoms. The normalized spacial score (nSPS) is 18.7. The van der Waals surface area contributed by atoms with E-state index in [-0.39, 0.29) is 12.2 Å². The monoisotopic (exact) mass is 379 g/mol. The first kappa shape index (κ1) is 17.4. The van der Waals surface area contributed by atoms with Crippen LogP contribution >= 0.6 is 11.6 Å². The van der Waals surface area contributed by atoms with Crippen molar-refractivity contribution < 1.29 is 4.79 Å². The van der Waals surface area contributed by atoms with Gasteiger partial charge in [-0.25, -0.2) is 0 Å². The molecule has 1 atom stereocenters. The SMILES string of the molecule is CC1(c2cccc(CC(=O)c3ccc(Cl)cn3)c2)Cn2nccc2C(N)=N1. The first-order chi connectivity index (χ1) is 12.9. The molecule has 3 heterocycles. The Morgan fingerprint density at radius 2 is 2.15 bits per heavy atom. The summed E-state index contributed by atoms with van der Waals surface area (Å²) in [5.41, 5.74) is 8.70. The fraction of sp³-hybridized carbons (Fsp3) is 0.200. The highest BCUT2D eigenvalue weighted by Gasteiger charge is 2.32. The maximum absolute atomic E-state index is 12.5. The van der Waals surface area contributed by atoms with Crippen LogP contribution in [0.4, 0.5) is 0 Å². The third-order valence-electron chi connectivity index (χ3n) is 4.73. The molecule has 4 rings (SSSR count). The molecule has 0 amide bonds. The molecule has 0 fully saturated rings. The Kier molecular flexibility index (Phi) is 4.28. The van der Waals surface area contributed by atoms with Crippen molar-refractivity contribution in [3.05, 3.63) is 82.4 Å². The number of rotatable bonds is 4. The fourth-order valence-corrected chi connectivity index (χ4v) is 3.43. The molecule has 136 valence electrons. The lowest BCUT2D eigenvalue weighted by Crippen LogP contribution is -2.37. The van der Waals surface area contributed by atoms with Gasteiger partial charge in [-0.15, -0.1) is 0 Å². The van der Waals surface area contributed by atoms with Crippen LogP contribution in [0.25, 0.3) is 0 Å². The lowest BCUT2D eigenvalue weighted by atomic mass is 9.89. The largest absolute Gasteiger partial charge is 0.382 e. The van der Waals surface area contributed by atoms with Crippen LogP contribution < -0.4 is 5.73 Å². The van der Waals surface area contributed by atoms with E-state index in [4.69, 9.17) is 22.3 Å². The first-order valence-corrected chi connectivity index (χ1v) is 8.94. The van der Waals surface area contributed by atoms with E-state index in [9.17, 15) is 4.79 Å². The minimum absolute atomic E-state index is 0.0602. The van der Waals surface area contributed by atoms with Gasteiger partial charge in [0.2, 0.25) is 0 Å². The van der Waals surface area contributed by atoms with E-state index >= 15 is 0 Å². The summed E-state index contributed by atoms with van der Waals surface area (Å²) in [6.07, 6.45) is 3.45. The third-order valence-corrected chi connectivity index (χ3v) is 4.95. The number of nitrogens with two attached hydrogens (primary N) is 1. The zero-order valence-corrected chi connectivity index (χ0v) is 15.5. The Morgan fingerprint density at radius 3 is 2.93 bits per heavy atom. The van der Waals surface area contributed by atoms with E-state index in [2.05, 4.69) is 10.1 Å². The number of fused-ring (bicyclic) bond motifs is 1. The summed E-state index contributed by atoms with van der Waals surface area (Å²) in [6.45, 7) is 2.61. The molecule has 0 bridgehead atoms. The van der Waals surface area contributed by atoms with Crippen LogP contribution in [0.15, 0.2) is 59.9 Å². The van der Waals surface area contributed by atoms with E-state index < -0.39 is 5.54 Å². The van der Waals surface area contributed by atoms with Gasteiger partial charge < -0.3 is 5.73 Å². The second-order valence-corrected chi connectivity index (χ2v) is 7.24. The smallest absolute Gasteiger partial charge is 0.185 e. The van der Waals surface area contributed by atoms with Crippen molar-refractivity contribution in [2.24, 2.45) is 10.7 Å². The van der Waals surface area contributed by atoms with Gasteiger partial charge >= 0.3 is 0 Å². The number of hydrogen-bond donors (Lipinski definition) is 1. The molecule has 27 heavy (non-hydrogen) atoms. The van der Waals surface area contributed by atoms with Crippen LogP contribution in [0.2, 0.25) is 5.02 Å². The summed E-state index contributed by atoms with van der Waals surface area (Å²) in [4.78, 5) is 21.3. The Labute approximate surface area is 161 Å². The Bertz CT molecular complexity index is 1040. The number of carbonyl (C=O) groups is 1. The van der Waals surface area contributed by atoms with Crippen molar-refractivity contribution in [1.29, 1.82) is 0 Å². The molecule has 1 aliphatic rings. The molecular formula is C20H18ClN5O. The summed E-state index contributed by atoms with van der Waals surface area (Å²) in [7, 11) is 0. The second-order valence-electron chi connectivity index (χ2n) is 6.81. The molecule has 3 aromatic rings. The molecule has 1 aromatic carbocycles. The summed E-state index contributed by atoms with van der Waals surface area (Å²) in [5, 5.41) is 4.84. The number of amidine groups is 1. The van der Waals surface area contributed by atoms with E-state index in [1.54, 1.807) is 18.3 Å². The van der Waals surface area contributed by atoms with Crippen LogP contribution in [0.5, 0.6) is 0 Å². The van der Waals surface area contributed by atoms with Crippen molar-refractivity contribution in [3.8, 4) is 0 Å². The lowest BCUT2D eigenvalue weighted by Gasteiger charge is -2.31. The highest BCUT2D eigenvalue weighted by Crippen LogP contribution is 2.31. The molecule has 1 aliphatic heterocycles. The van der Waals surface area contributed by atoms with Crippen molar-refractivity contribution in [2.75, 3.05) is 0 Å². The van der Waals surface area contributed by atoms with E-state index in [1.807, 2.05) is 41.9 Å². The van der Waals surface area contributed by atoms with E-state index in [0.29, 0.717) is 23.1 Å². The molecule has 0 radical (unpaired) electrons. The predicted octanol–water partition coefficient (Wildman–Crippen LogP) is 2.99. The van der Waals surface area contributed by atoms with Gasteiger partial charge in [-0.3, -0.25) is 19.5 Å². The number of carbonyl (C=O) groups excluding carboxylic acids is 1. The summed E-state index contributed by atoms with van der Waals surface area (Å²) < 4.78 is 1.86. The Balaban J connectivity index is 1.60. The molecule has 0 saturated carbocycles. The number of ketones is 1. The van der Waals surface area contributed by atoms with Crippen molar-refractivity contribution >= 4 is 23.2 Å². The third kappa shape index (κ3) is 3.36. The average molecular weight is 380 g/mol. The molecule has 0 aliphatic carbocycles. The summed E-state index contributed by atoms with van der Waals surface area (Å²) >= 11 is 5.83. The zero-order chi connectivity index (χ0) is 19.0. The van der Waals surface area contributed by atoms with E-state index in [0.717, 1.165) is 16.8 Å². The molecule has 0 saturated heterocycles. The molecule has 2 aromatic heterocycles. The number of aromatic nitrogens is 3. The topological polar surface area (TPSA) is 86.2 Å². The number of pyridine rings is 1. The first-order valence-electron chi connectivity index (χ1n) is 8.56. The molecular weight excluding hydrogens is 362 g/mol. The number of benzene rings is 1. The average Bonchev–Trinajstić information content (AvgIpc) is 3.11. The van der Waals surface area contributed by atoms with Gasteiger partial charge in [0.25, 0.3) is 0 Å². The maximum atomic E-state index is 12.5. The van der Waals surface area contributed by atoms with Crippen LogP contribution in [-0.2, 0) is 18.5 Å². The fourth-order valence-electron chi connectivity index (χ4n) is 3.32. The van der Waals surface area contributed by atoms with Gasteiger partial charge in [-0.2, -0.15) is 5.10 Å². The molecule has 0 spiro atoms. The van der Waals surface area contributed by atoms with Crippen molar-refractivity contribution in [1.82, 2.24) is 14.8 Å². The minimum atomic E-state index is -0.541. The van der Waals surface area contributed by atoms with Gasteiger partial charge in [0.1, 0.15) is 22.8 Å². The van der Waals surface area contributed by atoms with Crippen LogP contribution in [-0.4, -0.2) is 26.4 Å². The number of Topliss-reactive ketones (excluding diaryl/α,β-unsaturated/α-hetero) is 1. The predicted molar refractivity (Wildman–Crippen MR) is 104 cm³/mol. The minimum Gasteiger partial charge on any atom is -0.382 e. The van der Waals surface area contributed by atoms with Crippen LogP contribution in [0.1, 0.15) is 34.2 Å². The number of nitrogens with zero attached hydrogens (tertiary/aromatic N) is 4. The Hall–Kier alpha value is -2.99. The zero-order valence-electron chi connectivity index (χ0n) is 14.8. The quantitative estimate of drug-likeness (QED) is 0.706. The highest BCUT2D eigenvalue weighted by molar-refractivity contribution is 6.30. The number of halogens is 1. The van der Waals surface area contributed by atoms with Gasteiger partial charge in [0, 0.05) is 18.8 Å². The van der Waals surface area contributed by atoms with Gasteiger partial charge in [0.05, 0.1) is 11.6 Å². The lowest BCUT2D eigenvalue weighted by molar-refractivity contribution is 0.0988. The highest BCUT2D eigenvalue weighted by atomic mass is 35.5.